The van der Waals surface area contributed by atoms with Crippen molar-refractivity contribution in [3.8, 4) is 5.69 Å². The molecule has 0 aliphatic carbocycles. The molecule has 0 aromatic carbocycles. The number of halogens is 4. The smallest absolute Gasteiger partial charge is 0.312 e. The zero-order valence-corrected chi connectivity index (χ0v) is 15.2. The number of thioether (sulfide) groups is 1. The van der Waals surface area contributed by atoms with E-state index >= 15 is 0 Å². The lowest BCUT2D eigenvalue weighted by Crippen LogP contribution is -2.34. The minimum Gasteiger partial charge on any atom is -0.312 e. The Hall–Kier alpha value is -1.55. The molecule has 2 heterocycles. The molecule has 0 saturated carbocycles. The van der Waals surface area contributed by atoms with E-state index in [1.165, 1.54) is 22.9 Å². The maximum atomic E-state index is 12.8. The van der Waals surface area contributed by atoms with Crippen molar-refractivity contribution in [1.29, 1.82) is 0 Å². The lowest BCUT2D eigenvalue weighted by molar-refractivity contribution is -0.138. The Morgan fingerprint density at radius 3 is 2.75 bits per heavy atom. The van der Waals surface area contributed by atoms with E-state index in [1.54, 1.807) is 30.7 Å². The SMILES string of the molecule is CSC(CC(=O)N(C)c1cn(-c2cccnc2)nc1Br)C(F)(F)F. The molecule has 1 atom stereocenters. The average molecular weight is 423 g/mol. The topological polar surface area (TPSA) is 51.0 Å². The van der Waals surface area contributed by atoms with E-state index in [2.05, 4.69) is 26.0 Å². The molecule has 0 bridgehead atoms. The molecule has 0 radical (unpaired) electrons. The molecular weight excluding hydrogens is 409 g/mol. The van der Waals surface area contributed by atoms with Gasteiger partial charge in [0.15, 0.2) is 4.60 Å². The number of amides is 1. The van der Waals surface area contributed by atoms with Gasteiger partial charge in [-0.15, -0.1) is 0 Å². The largest absolute Gasteiger partial charge is 0.401 e. The normalized spacial score (nSPS) is 12.9. The van der Waals surface area contributed by atoms with Gasteiger partial charge in [0.25, 0.3) is 0 Å². The second-order valence-corrected chi connectivity index (χ2v) is 6.68. The van der Waals surface area contributed by atoms with Crippen molar-refractivity contribution in [2.75, 3.05) is 18.2 Å². The van der Waals surface area contributed by atoms with Crippen molar-refractivity contribution in [3.63, 3.8) is 0 Å². The predicted octanol–water partition coefficient (Wildman–Crippen LogP) is 3.68. The summed E-state index contributed by atoms with van der Waals surface area (Å²) in [7, 11) is 1.42. The summed E-state index contributed by atoms with van der Waals surface area (Å²) in [6, 6.07) is 3.50. The van der Waals surface area contributed by atoms with Gasteiger partial charge < -0.3 is 4.90 Å². The highest BCUT2D eigenvalue weighted by Gasteiger charge is 2.41. The maximum absolute atomic E-state index is 12.8. The number of carbonyl (C=O) groups excluding carboxylic acids is 1. The van der Waals surface area contributed by atoms with Gasteiger partial charge in [-0.1, -0.05) is 0 Å². The number of rotatable bonds is 5. The predicted molar refractivity (Wildman–Crippen MR) is 90.4 cm³/mol. The molecular formula is C14H14BrF3N4OS. The molecule has 2 rings (SSSR count). The molecule has 0 aliphatic heterocycles. The first-order valence-electron chi connectivity index (χ1n) is 6.75. The number of pyridine rings is 1. The Kier molecular flexibility index (Phi) is 5.92. The third-order valence-corrected chi connectivity index (χ3v) is 4.87. The Labute approximate surface area is 149 Å². The molecule has 0 fully saturated rings. The number of hydrogen-bond donors (Lipinski definition) is 0. The summed E-state index contributed by atoms with van der Waals surface area (Å²) < 4.78 is 40.3. The molecule has 2 aromatic heterocycles. The van der Waals surface area contributed by atoms with Crippen LogP contribution in [0.2, 0.25) is 0 Å². The van der Waals surface area contributed by atoms with Crippen molar-refractivity contribution in [2.45, 2.75) is 17.8 Å². The first-order valence-corrected chi connectivity index (χ1v) is 8.83. The van der Waals surface area contributed by atoms with Gasteiger partial charge in [0, 0.05) is 19.7 Å². The molecule has 1 amide bonds. The van der Waals surface area contributed by atoms with E-state index in [9.17, 15) is 18.0 Å². The van der Waals surface area contributed by atoms with Gasteiger partial charge in [-0.2, -0.15) is 30.0 Å². The van der Waals surface area contributed by atoms with Gasteiger partial charge in [-0.25, -0.2) is 4.68 Å². The summed E-state index contributed by atoms with van der Waals surface area (Å²) in [5, 5.41) is 2.47. The highest BCUT2D eigenvalue weighted by Crippen LogP contribution is 2.33. The second-order valence-electron chi connectivity index (χ2n) is 4.88. The van der Waals surface area contributed by atoms with Crippen LogP contribution in [0, 0.1) is 0 Å². The van der Waals surface area contributed by atoms with Crippen LogP contribution in [0.25, 0.3) is 5.69 Å². The van der Waals surface area contributed by atoms with Crippen molar-refractivity contribution in [2.24, 2.45) is 0 Å². The molecule has 0 spiro atoms. The lowest BCUT2D eigenvalue weighted by atomic mass is 10.2. The molecule has 2 aromatic rings. The summed E-state index contributed by atoms with van der Waals surface area (Å²) in [5.41, 5.74) is 1.05. The summed E-state index contributed by atoms with van der Waals surface area (Å²) in [6.07, 6.45) is 1.03. The summed E-state index contributed by atoms with van der Waals surface area (Å²) in [4.78, 5) is 17.3. The van der Waals surface area contributed by atoms with Gasteiger partial charge in [0.2, 0.25) is 5.91 Å². The van der Waals surface area contributed by atoms with E-state index in [0.717, 1.165) is 0 Å². The van der Waals surface area contributed by atoms with Crippen molar-refractivity contribution in [1.82, 2.24) is 14.8 Å². The first-order chi connectivity index (χ1) is 11.2. The minimum atomic E-state index is -4.42. The van der Waals surface area contributed by atoms with Crippen molar-refractivity contribution >= 4 is 39.3 Å². The highest BCUT2D eigenvalue weighted by atomic mass is 79.9. The highest BCUT2D eigenvalue weighted by molar-refractivity contribution is 9.10. The Morgan fingerprint density at radius 2 is 2.21 bits per heavy atom. The van der Waals surface area contributed by atoms with Crippen LogP contribution in [0.3, 0.4) is 0 Å². The molecule has 1 unspecified atom stereocenters. The summed E-state index contributed by atoms with van der Waals surface area (Å²) >= 11 is 3.84. The van der Waals surface area contributed by atoms with E-state index < -0.39 is 23.8 Å². The number of carbonyl (C=O) groups is 1. The molecule has 0 aliphatic rings. The number of nitrogens with zero attached hydrogens (tertiary/aromatic N) is 4. The van der Waals surface area contributed by atoms with Gasteiger partial charge in [-0.3, -0.25) is 9.78 Å². The number of aromatic nitrogens is 3. The van der Waals surface area contributed by atoms with Gasteiger partial charge >= 0.3 is 6.18 Å². The molecule has 0 saturated heterocycles. The average Bonchev–Trinajstić information content (AvgIpc) is 2.93. The lowest BCUT2D eigenvalue weighted by Gasteiger charge is -2.21. The van der Waals surface area contributed by atoms with Crippen LogP contribution in [0.15, 0.2) is 35.3 Å². The third-order valence-electron chi connectivity index (χ3n) is 3.31. The van der Waals surface area contributed by atoms with Crippen LogP contribution in [-0.4, -0.2) is 45.4 Å². The molecule has 0 N–H and O–H groups in total. The van der Waals surface area contributed by atoms with E-state index in [1.807, 2.05) is 0 Å². The minimum absolute atomic E-state index is 0.356. The van der Waals surface area contributed by atoms with Crippen molar-refractivity contribution < 1.29 is 18.0 Å². The maximum Gasteiger partial charge on any atom is 0.401 e. The van der Waals surface area contributed by atoms with Gasteiger partial charge in [0.05, 0.1) is 23.8 Å². The Balaban J connectivity index is 2.19. The zero-order chi connectivity index (χ0) is 17.9. The quantitative estimate of drug-likeness (QED) is 0.737. The Bertz CT molecular complexity index is 708. The summed E-state index contributed by atoms with van der Waals surface area (Å²) in [6.45, 7) is 0. The molecule has 130 valence electrons. The number of hydrogen-bond acceptors (Lipinski definition) is 4. The molecule has 5 nitrogen and oxygen atoms in total. The standard InChI is InChI=1S/C14H14BrF3N4OS/c1-21(12(23)6-11(24-2)14(16,17)18)10-8-22(20-13(10)15)9-4-3-5-19-7-9/h3-5,7-8,11H,6H2,1-2H3. The zero-order valence-electron chi connectivity index (χ0n) is 12.8. The Morgan fingerprint density at radius 1 is 1.50 bits per heavy atom. The third kappa shape index (κ3) is 4.29. The fourth-order valence-electron chi connectivity index (χ4n) is 1.95. The van der Waals surface area contributed by atoms with Gasteiger partial charge in [-0.05, 0) is 34.3 Å². The first kappa shape index (κ1) is 18.8. The van der Waals surface area contributed by atoms with Crippen LogP contribution >= 0.6 is 27.7 Å². The fourth-order valence-corrected chi connectivity index (χ4v) is 3.07. The van der Waals surface area contributed by atoms with Crippen LogP contribution in [-0.2, 0) is 4.79 Å². The molecule has 10 heteroatoms. The van der Waals surface area contributed by atoms with E-state index in [4.69, 9.17) is 0 Å². The number of alkyl halides is 3. The van der Waals surface area contributed by atoms with E-state index in [-0.39, 0.29) is 0 Å². The second kappa shape index (κ2) is 7.56. The number of anilines is 1. The van der Waals surface area contributed by atoms with E-state index in [0.29, 0.717) is 27.7 Å². The van der Waals surface area contributed by atoms with Crippen LogP contribution in [0.1, 0.15) is 6.42 Å². The molecule has 24 heavy (non-hydrogen) atoms. The van der Waals surface area contributed by atoms with Crippen molar-refractivity contribution in [3.05, 3.63) is 35.3 Å². The van der Waals surface area contributed by atoms with Crippen LogP contribution in [0.4, 0.5) is 18.9 Å². The summed E-state index contributed by atoms with van der Waals surface area (Å²) in [5.74, 6) is -0.641. The fraction of sp³-hybridized carbons (Fsp3) is 0.357. The van der Waals surface area contributed by atoms with Crippen LogP contribution < -0.4 is 4.90 Å². The van der Waals surface area contributed by atoms with Gasteiger partial charge in [0.1, 0.15) is 5.25 Å². The monoisotopic (exact) mass is 422 g/mol. The van der Waals surface area contributed by atoms with Crippen LogP contribution in [0.5, 0.6) is 0 Å².